The van der Waals surface area contributed by atoms with E-state index in [1.807, 2.05) is 0 Å². The Morgan fingerprint density at radius 2 is 2.05 bits per heavy atom. The third-order valence-corrected chi connectivity index (χ3v) is 2.66. The molecule has 1 amide bonds. The number of halogens is 2. The van der Waals surface area contributed by atoms with Crippen LogP contribution in [0.3, 0.4) is 0 Å². The minimum Gasteiger partial charge on any atom is -0.395 e. The summed E-state index contributed by atoms with van der Waals surface area (Å²) in [6, 6.07) is 3.09. The first-order valence-corrected chi connectivity index (χ1v) is 5.45. The van der Waals surface area contributed by atoms with Crippen molar-refractivity contribution in [2.24, 2.45) is 7.05 Å². The van der Waals surface area contributed by atoms with Crippen LogP contribution >= 0.6 is 0 Å². The number of nitrogen functional groups attached to an aromatic ring is 1. The van der Waals surface area contributed by atoms with Crippen molar-refractivity contribution < 1.29 is 13.6 Å². The second-order valence-corrected chi connectivity index (χ2v) is 4.05. The van der Waals surface area contributed by atoms with E-state index in [-0.39, 0.29) is 17.1 Å². The first-order chi connectivity index (χ1) is 8.90. The maximum atomic E-state index is 13.0. The van der Waals surface area contributed by atoms with Gasteiger partial charge in [-0.25, -0.2) is 8.78 Å². The number of carbonyl (C=O) groups excluding carboxylic acids is 1. The largest absolute Gasteiger partial charge is 0.395 e. The van der Waals surface area contributed by atoms with Gasteiger partial charge in [0.05, 0.1) is 11.4 Å². The van der Waals surface area contributed by atoms with Gasteiger partial charge in [-0.2, -0.15) is 5.10 Å². The van der Waals surface area contributed by atoms with E-state index in [1.165, 1.54) is 10.7 Å². The average Bonchev–Trinajstić information content (AvgIpc) is 2.58. The number of benzene rings is 1. The molecule has 1 aromatic carbocycles. The van der Waals surface area contributed by atoms with Gasteiger partial charge in [-0.05, 0) is 19.1 Å². The Hall–Kier alpha value is -2.44. The Balaban J connectivity index is 2.28. The maximum Gasteiger partial charge on any atom is 0.276 e. The molecule has 0 atom stereocenters. The SMILES string of the molecule is Cc1nn(C)c(C(=O)Nc2ccc(F)c(F)c2)c1N. The summed E-state index contributed by atoms with van der Waals surface area (Å²) in [4.78, 5) is 12.0. The van der Waals surface area contributed by atoms with Gasteiger partial charge in [0, 0.05) is 18.8 Å². The van der Waals surface area contributed by atoms with Crippen LogP contribution in [0.5, 0.6) is 0 Å². The standard InChI is InChI=1S/C12H12F2N4O/c1-6-10(15)11(18(2)17-6)12(19)16-7-3-4-8(13)9(14)5-7/h3-5H,15H2,1-2H3,(H,16,19). The topological polar surface area (TPSA) is 72.9 Å². The molecule has 0 aliphatic rings. The zero-order valence-electron chi connectivity index (χ0n) is 10.4. The minimum atomic E-state index is -1.04. The molecule has 0 radical (unpaired) electrons. The molecule has 1 aromatic heterocycles. The lowest BCUT2D eigenvalue weighted by Gasteiger charge is -2.06. The Morgan fingerprint density at radius 3 is 2.58 bits per heavy atom. The van der Waals surface area contributed by atoms with Crippen molar-refractivity contribution in [2.75, 3.05) is 11.1 Å². The molecule has 7 heteroatoms. The maximum absolute atomic E-state index is 13.0. The molecule has 19 heavy (non-hydrogen) atoms. The molecule has 0 fully saturated rings. The Bertz CT molecular complexity index is 651. The van der Waals surface area contributed by atoms with Gasteiger partial charge >= 0.3 is 0 Å². The van der Waals surface area contributed by atoms with E-state index in [2.05, 4.69) is 10.4 Å². The van der Waals surface area contributed by atoms with Crippen LogP contribution in [0.2, 0.25) is 0 Å². The number of aromatic nitrogens is 2. The molecule has 0 saturated carbocycles. The van der Waals surface area contributed by atoms with Crippen molar-refractivity contribution >= 4 is 17.3 Å². The fraction of sp³-hybridized carbons (Fsp3) is 0.167. The third kappa shape index (κ3) is 2.40. The van der Waals surface area contributed by atoms with E-state index < -0.39 is 17.5 Å². The Labute approximate surface area is 108 Å². The Morgan fingerprint density at radius 1 is 1.37 bits per heavy atom. The molecule has 2 aromatic rings. The second kappa shape index (κ2) is 4.68. The van der Waals surface area contributed by atoms with E-state index in [9.17, 15) is 13.6 Å². The number of nitrogens with two attached hydrogens (primary N) is 1. The summed E-state index contributed by atoms with van der Waals surface area (Å²) >= 11 is 0. The molecular formula is C12H12F2N4O. The highest BCUT2D eigenvalue weighted by molar-refractivity contribution is 6.06. The van der Waals surface area contributed by atoms with Crippen molar-refractivity contribution in [3.8, 4) is 0 Å². The van der Waals surface area contributed by atoms with Crippen molar-refractivity contribution in [3.05, 3.63) is 41.2 Å². The molecule has 0 bridgehead atoms. The number of hydrogen-bond donors (Lipinski definition) is 2. The predicted molar refractivity (Wildman–Crippen MR) is 66.7 cm³/mol. The molecule has 0 unspecified atom stereocenters. The van der Waals surface area contributed by atoms with E-state index >= 15 is 0 Å². The molecule has 5 nitrogen and oxygen atoms in total. The van der Waals surface area contributed by atoms with Gasteiger partial charge in [0.1, 0.15) is 5.69 Å². The van der Waals surface area contributed by atoms with E-state index in [4.69, 9.17) is 5.73 Å². The van der Waals surface area contributed by atoms with Gasteiger partial charge in [-0.15, -0.1) is 0 Å². The zero-order chi connectivity index (χ0) is 14.2. The minimum absolute atomic E-state index is 0.141. The summed E-state index contributed by atoms with van der Waals surface area (Å²) in [6.07, 6.45) is 0. The summed E-state index contributed by atoms with van der Waals surface area (Å²) < 4.78 is 27.1. The molecule has 100 valence electrons. The number of carbonyl (C=O) groups is 1. The van der Waals surface area contributed by atoms with Gasteiger partial charge in [0.25, 0.3) is 5.91 Å². The van der Waals surface area contributed by atoms with Crippen LogP contribution in [0.15, 0.2) is 18.2 Å². The lowest BCUT2D eigenvalue weighted by molar-refractivity contribution is 0.101. The van der Waals surface area contributed by atoms with Gasteiger partial charge in [-0.1, -0.05) is 0 Å². The van der Waals surface area contributed by atoms with Crippen LogP contribution in [-0.4, -0.2) is 15.7 Å². The lowest BCUT2D eigenvalue weighted by atomic mass is 10.2. The highest BCUT2D eigenvalue weighted by Crippen LogP contribution is 2.18. The smallest absolute Gasteiger partial charge is 0.276 e. The number of nitrogens with zero attached hydrogens (tertiary/aromatic N) is 2. The number of nitrogens with one attached hydrogen (secondary N) is 1. The Kier molecular flexibility index (Phi) is 3.20. The molecule has 0 aliphatic carbocycles. The first kappa shape index (κ1) is 13.0. The first-order valence-electron chi connectivity index (χ1n) is 5.45. The fourth-order valence-corrected chi connectivity index (χ4v) is 1.71. The second-order valence-electron chi connectivity index (χ2n) is 4.05. The summed E-state index contributed by atoms with van der Waals surface area (Å²) in [6.45, 7) is 1.67. The van der Waals surface area contributed by atoms with Crippen LogP contribution in [0.25, 0.3) is 0 Å². The lowest BCUT2D eigenvalue weighted by Crippen LogP contribution is -2.17. The van der Waals surface area contributed by atoms with Crippen LogP contribution in [-0.2, 0) is 7.05 Å². The highest BCUT2D eigenvalue weighted by Gasteiger charge is 2.18. The summed E-state index contributed by atoms with van der Waals surface area (Å²) in [7, 11) is 1.57. The number of anilines is 2. The number of rotatable bonds is 2. The molecule has 2 rings (SSSR count). The van der Waals surface area contributed by atoms with Crippen molar-refractivity contribution in [3.63, 3.8) is 0 Å². The average molecular weight is 266 g/mol. The van der Waals surface area contributed by atoms with Crippen LogP contribution in [0.1, 0.15) is 16.2 Å². The van der Waals surface area contributed by atoms with Gasteiger partial charge in [0.2, 0.25) is 0 Å². The fourth-order valence-electron chi connectivity index (χ4n) is 1.71. The van der Waals surface area contributed by atoms with Crippen LogP contribution in [0.4, 0.5) is 20.2 Å². The molecular weight excluding hydrogens is 254 g/mol. The zero-order valence-corrected chi connectivity index (χ0v) is 10.4. The van der Waals surface area contributed by atoms with Gasteiger partial charge in [-0.3, -0.25) is 9.48 Å². The molecule has 0 saturated heterocycles. The number of hydrogen-bond acceptors (Lipinski definition) is 3. The highest BCUT2D eigenvalue weighted by atomic mass is 19.2. The van der Waals surface area contributed by atoms with Gasteiger partial charge in [0.15, 0.2) is 11.6 Å². The molecule has 0 spiro atoms. The molecule has 3 N–H and O–H groups in total. The number of amides is 1. The summed E-state index contributed by atoms with van der Waals surface area (Å²) in [5.74, 6) is -2.55. The third-order valence-electron chi connectivity index (χ3n) is 2.66. The monoisotopic (exact) mass is 266 g/mol. The van der Waals surface area contributed by atoms with Crippen LogP contribution in [0, 0.1) is 18.6 Å². The normalized spacial score (nSPS) is 10.5. The van der Waals surface area contributed by atoms with Crippen molar-refractivity contribution in [1.29, 1.82) is 0 Å². The quantitative estimate of drug-likeness (QED) is 0.871. The van der Waals surface area contributed by atoms with Crippen LogP contribution < -0.4 is 11.1 Å². The predicted octanol–water partition coefficient (Wildman–Crippen LogP) is 1.84. The van der Waals surface area contributed by atoms with Crippen molar-refractivity contribution in [1.82, 2.24) is 9.78 Å². The number of aryl methyl sites for hydroxylation is 2. The van der Waals surface area contributed by atoms with Gasteiger partial charge < -0.3 is 11.1 Å². The molecule has 1 heterocycles. The molecule has 0 aliphatic heterocycles. The van der Waals surface area contributed by atoms with E-state index in [1.54, 1.807) is 14.0 Å². The van der Waals surface area contributed by atoms with E-state index in [0.29, 0.717) is 5.69 Å². The van der Waals surface area contributed by atoms with E-state index in [0.717, 1.165) is 12.1 Å². The summed E-state index contributed by atoms with van der Waals surface area (Å²) in [5.41, 5.74) is 6.82. The summed E-state index contributed by atoms with van der Waals surface area (Å²) in [5, 5.41) is 6.44. The van der Waals surface area contributed by atoms with Crippen molar-refractivity contribution in [2.45, 2.75) is 6.92 Å².